The van der Waals surface area contributed by atoms with Crippen molar-refractivity contribution in [3.05, 3.63) is 54.5 Å². The highest BCUT2D eigenvalue weighted by molar-refractivity contribution is 5.85. The van der Waals surface area contributed by atoms with Crippen molar-refractivity contribution in [2.75, 3.05) is 6.54 Å². The predicted molar refractivity (Wildman–Crippen MR) is 230 cm³/mol. The normalized spacial score (nSPS) is 43.0. The van der Waals surface area contributed by atoms with E-state index in [0.717, 1.165) is 94.3 Å². The molecule has 59 heavy (non-hydrogen) atoms. The number of aliphatic carboxylic acids is 1. The van der Waals surface area contributed by atoms with Crippen molar-refractivity contribution in [1.82, 2.24) is 14.9 Å². The number of aromatic nitrogens is 2. The Balaban J connectivity index is 0.968. The fourth-order valence-corrected chi connectivity index (χ4v) is 16.5. The molecule has 13 atom stereocenters. The number of aromatic amines is 1. The van der Waals surface area contributed by atoms with Gasteiger partial charge in [0, 0.05) is 12.0 Å². The Morgan fingerprint density at radius 2 is 1.58 bits per heavy atom. The number of esters is 1. The van der Waals surface area contributed by atoms with Crippen LogP contribution in [0.25, 0.3) is 11.3 Å². The van der Waals surface area contributed by atoms with Crippen LogP contribution < -0.4 is 0 Å². The number of nitrogens with one attached hydrogen (secondary N) is 1. The Kier molecular flexibility index (Phi) is 9.58. The number of allylic oxidation sites excluding steroid dienone is 1. The second kappa shape index (κ2) is 13.8. The second-order valence-electron chi connectivity index (χ2n) is 22.8. The summed E-state index contributed by atoms with van der Waals surface area (Å²) in [4.78, 5) is 51.8. The standard InChI is InChI=1S/C51H71N3O5/c1-30(2)32-19-24-51(45(58)54-27-13-16-37(54)42-52-29-36(53-42)31-14-11-10-12-15-31)26-25-49(8)33(41(32)51)17-18-39-48(7)22-21-40(47(5,6)38(48)20-23-50(39,49)9)59-44(57)35-28-34(43(55)56)46(35,3)4/h10-12,14-15,29,32-35,37-41H,1,13,16-28H2,2-9H3,(H,52,53)(H,55,56)/t32-,33+,34?,35?,37+,38-,39+,40-,41+,48-,49+,50+,51-/m0/s1. The van der Waals surface area contributed by atoms with Crippen LogP contribution in [0.1, 0.15) is 151 Å². The molecule has 0 radical (unpaired) electrons. The number of carboxylic acid groups (broad SMARTS) is 1. The zero-order valence-electron chi connectivity index (χ0n) is 37.2. The van der Waals surface area contributed by atoms with Gasteiger partial charge >= 0.3 is 11.9 Å². The molecule has 2 N–H and O–H groups in total. The number of imidazole rings is 1. The molecule has 1 amide bonds. The van der Waals surface area contributed by atoms with Gasteiger partial charge in [0.15, 0.2) is 0 Å². The highest BCUT2D eigenvalue weighted by Gasteiger charge is 2.72. The van der Waals surface area contributed by atoms with E-state index in [0.29, 0.717) is 41.9 Å². The first-order valence-electron chi connectivity index (χ1n) is 23.3. The molecule has 6 saturated carbocycles. The third-order valence-corrected chi connectivity index (χ3v) is 20.1. The number of carbonyl (C=O) groups is 3. The zero-order chi connectivity index (χ0) is 42.1. The summed E-state index contributed by atoms with van der Waals surface area (Å²) >= 11 is 0. The molecule has 2 unspecified atom stereocenters. The lowest BCUT2D eigenvalue weighted by Gasteiger charge is -2.73. The van der Waals surface area contributed by atoms with Crippen molar-refractivity contribution in [3.8, 4) is 11.3 Å². The number of amides is 1. The molecule has 320 valence electrons. The van der Waals surface area contributed by atoms with E-state index in [-0.39, 0.29) is 51.1 Å². The maximum atomic E-state index is 15.5. The van der Waals surface area contributed by atoms with Crippen LogP contribution >= 0.6 is 0 Å². The second-order valence-corrected chi connectivity index (χ2v) is 22.8. The third-order valence-electron chi connectivity index (χ3n) is 20.1. The van der Waals surface area contributed by atoms with E-state index in [1.807, 2.05) is 26.1 Å². The fourth-order valence-electron chi connectivity index (χ4n) is 16.5. The van der Waals surface area contributed by atoms with Crippen LogP contribution in [-0.2, 0) is 19.1 Å². The van der Waals surface area contributed by atoms with Gasteiger partial charge in [-0.15, -0.1) is 0 Å². The monoisotopic (exact) mass is 806 g/mol. The molecule has 8 heteroatoms. The van der Waals surface area contributed by atoms with Gasteiger partial charge in [-0.25, -0.2) is 4.98 Å². The summed E-state index contributed by atoms with van der Waals surface area (Å²) in [6, 6.07) is 10.3. The number of nitrogens with zero attached hydrogens (tertiary/aromatic N) is 2. The van der Waals surface area contributed by atoms with Gasteiger partial charge in [-0.05, 0) is 147 Å². The van der Waals surface area contributed by atoms with Gasteiger partial charge in [0.1, 0.15) is 11.9 Å². The summed E-state index contributed by atoms with van der Waals surface area (Å²) in [5.41, 5.74) is 2.60. The van der Waals surface area contributed by atoms with Gasteiger partial charge in [0.2, 0.25) is 5.91 Å². The van der Waals surface area contributed by atoms with E-state index in [9.17, 15) is 14.7 Å². The lowest BCUT2D eigenvalue weighted by molar-refractivity contribution is -0.251. The van der Waals surface area contributed by atoms with Crippen LogP contribution in [-0.4, -0.2) is 50.5 Å². The number of hydrogen-bond donors (Lipinski definition) is 2. The van der Waals surface area contributed by atoms with Crippen LogP contribution in [0.3, 0.4) is 0 Å². The van der Waals surface area contributed by atoms with Gasteiger partial charge < -0.3 is 19.7 Å². The van der Waals surface area contributed by atoms with Crippen molar-refractivity contribution in [1.29, 1.82) is 0 Å². The van der Waals surface area contributed by atoms with Gasteiger partial charge in [-0.1, -0.05) is 91.0 Å². The van der Waals surface area contributed by atoms with Crippen molar-refractivity contribution >= 4 is 17.8 Å². The number of ether oxygens (including phenoxy) is 1. The molecule has 8 nitrogen and oxygen atoms in total. The minimum Gasteiger partial charge on any atom is -0.481 e. The average molecular weight is 806 g/mol. The number of carbonyl (C=O) groups excluding carboxylic acids is 2. The zero-order valence-corrected chi connectivity index (χ0v) is 37.2. The number of hydrogen-bond acceptors (Lipinski definition) is 5. The van der Waals surface area contributed by atoms with E-state index in [2.05, 4.69) is 82.3 Å². The summed E-state index contributed by atoms with van der Waals surface area (Å²) in [7, 11) is 0. The quantitative estimate of drug-likeness (QED) is 0.213. The summed E-state index contributed by atoms with van der Waals surface area (Å²) < 4.78 is 6.47. The van der Waals surface area contributed by atoms with Gasteiger partial charge in [0.25, 0.3) is 0 Å². The van der Waals surface area contributed by atoms with E-state index >= 15 is 4.79 Å². The molecule has 1 aliphatic heterocycles. The smallest absolute Gasteiger partial charge is 0.309 e. The number of likely N-dealkylation sites (tertiary alicyclic amines) is 1. The van der Waals surface area contributed by atoms with Crippen molar-refractivity contribution in [2.24, 2.45) is 73.9 Å². The fraction of sp³-hybridized carbons (Fsp3) is 0.725. The third kappa shape index (κ3) is 5.71. The Bertz CT molecular complexity index is 2020. The molecule has 2 aromatic rings. The number of fused-ring (bicyclic) bond motifs is 7. The topological polar surface area (TPSA) is 113 Å². The predicted octanol–water partition coefficient (Wildman–Crippen LogP) is 11.1. The summed E-state index contributed by atoms with van der Waals surface area (Å²) in [5, 5.41) is 9.70. The molecule has 7 fully saturated rings. The van der Waals surface area contributed by atoms with E-state index in [1.165, 1.54) is 12.0 Å². The maximum Gasteiger partial charge on any atom is 0.309 e. The molecular weight excluding hydrogens is 735 g/mol. The van der Waals surface area contributed by atoms with Crippen molar-refractivity contribution in [2.45, 2.75) is 151 Å². The Labute approximate surface area is 353 Å². The van der Waals surface area contributed by atoms with Gasteiger partial charge in [0.05, 0.1) is 35.2 Å². The van der Waals surface area contributed by atoms with E-state index in [4.69, 9.17) is 9.72 Å². The number of H-pyrrole nitrogens is 1. The molecular formula is C51H71N3O5. The molecule has 9 rings (SSSR count). The van der Waals surface area contributed by atoms with Crippen LogP contribution in [0.4, 0.5) is 0 Å². The Morgan fingerprint density at radius 1 is 0.831 bits per heavy atom. The number of benzene rings is 1. The molecule has 1 aromatic carbocycles. The first-order valence-corrected chi connectivity index (χ1v) is 23.3. The Morgan fingerprint density at radius 3 is 2.27 bits per heavy atom. The first kappa shape index (κ1) is 41.0. The molecule has 1 saturated heterocycles. The Hall–Kier alpha value is -3.42. The molecule has 6 aliphatic carbocycles. The molecule has 7 aliphatic rings. The SMILES string of the molecule is C=C(C)[C@@H]1CC[C@]2(C(=O)N3CCC[C@@H]3c3ncc(-c4ccccc4)[nH]3)CC[C@]3(C)[C@H](CC[C@@H]4[C@@]5(C)CC[C@H](OC(=O)C6CC(C(=O)O)C6(C)C)C(C)(C)[C@@H]5CC[C@]43C)[C@@H]12. The summed E-state index contributed by atoms with van der Waals surface area (Å²) in [5.74, 6) is 1.53. The van der Waals surface area contributed by atoms with E-state index in [1.54, 1.807) is 0 Å². The molecule has 2 heterocycles. The van der Waals surface area contributed by atoms with Crippen molar-refractivity contribution < 1.29 is 24.2 Å². The van der Waals surface area contributed by atoms with Crippen LogP contribution in [0.15, 0.2) is 48.7 Å². The minimum absolute atomic E-state index is 0.0183. The largest absolute Gasteiger partial charge is 0.481 e. The lowest BCUT2D eigenvalue weighted by atomic mass is 9.32. The lowest BCUT2D eigenvalue weighted by Crippen LogP contribution is -2.67. The van der Waals surface area contributed by atoms with Crippen LogP contribution in [0, 0.1) is 73.9 Å². The first-order chi connectivity index (χ1) is 27.8. The van der Waals surface area contributed by atoms with Crippen LogP contribution in [0.2, 0.25) is 0 Å². The maximum absolute atomic E-state index is 15.5. The van der Waals surface area contributed by atoms with Crippen LogP contribution in [0.5, 0.6) is 0 Å². The molecule has 1 aromatic heterocycles. The highest BCUT2D eigenvalue weighted by Crippen LogP contribution is 2.78. The van der Waals surface area contributed by atoms with Crippen molar-refractivity contribution in [3.63, 3.8) is 0 Å². The number of rotatable bonds is 7. The van der Waals surface area contributed by atoms with Gasteiger partial charge in [-0.3, -0.25) is 14.4 Å². The highest BCUT2D eigenvalue weighted by atomic mass is 16.5. The molecule has 0 spiro atoms. The van der Waals surface area contributed by atoms with Gasteiger partial charge in [-0.2, -0.15) is 0 Å². The average Bonchev–Trinajstić information content (AvgIpc) is 3.95. The minimum atomic E-state index is -0.817. The molecule has 0 bridgehead atoms. The summed E-state index contributed by atoms with van der Waals surface area (Å²) in [6.45, 7) is 24.0. The number of carboxylic acids is 1. The summed E-state index contributed by atoms with van der Waals surface area (Å²) in [6.07, 6.45) is 14.7. The van der Waals surface area contributed by atoms with E-state index < -0.39 is 17.3 Å².